The second-order valence-electron chi connectivity index (χ2n) is 4.51. The van der Waals surface area contributed by atoms with Gasteiger partial charge in [0.25, 0.3) is 0 Å². The molecule has 2 heteroatoms. The molecule has 2 aromatic carbocycles. The first-order valence-electron chi connectivity index (χ1n) is 6.13. The van der Waals surface area contributed by atoms with E-state index in [4.69, 9.17) is 4.74 Å². The van der Waals surface area contributed by atoms with Crippen LogP contribution in [0.15, 0.2) is 42.5 Å². The van der Waals surface area contributed by atoms with E-state index in [-0.39, 0.29) is 0 Å². The number of benzene rings is 2. The molecule has 94 valence electrons. The fourth-order valence-corrected chi connectivity index (χ4v) is 1.95. The molecule has 0 aliphatic carbocycles. The largest absolute Gasteiger partial charge is 0.497 e. The molecular weight excluding hydrogens is 222 g/mol. The highest BCUT2D eigenvalue weighted by atomic mass is 16.5. The van der Waals surface area contributed by atoms with Crippen LogP contribution in [0.1, 0.15) is 16.7 Å². The third-order valence-corrected chi connectivity index (χ3v) is 3.07. The predicted molar refractivity (Wildman–Crippen MR) is 76.2 cm³/mol. The topological polar surface area (TPSA) is 21.3 Å². The van der Waals surface area contributed by atoms with Crippen LogP contribution in [0.2, 0.25) is 0 Å². The normalized spacial score (nSPS) is 10.2. The van der Waals surface area contributed by atoms with Crippen molar-refractivity contribution in [3.05, 3.63) is 59.2 Å². The summed E-state index contributed by atoms with van der Waals surface area (Å²) in [6.45, 7) is 5.12. The highest BCUT2D eigenvalue weighted by Crippen LogP contribution is 2.17. The maximum atomic E-state index is 5.14. The van der Waals surface area contributed by atoms with Crippen molar-refractivity contribution in [1.29, 1.82) is 0 Å². The fourth-order valence-electron chi connectivity index (χ4n) is 1.95. The minimum Gasteiger partial charge on any atom is -0.497 e. The van der Waals surface area contributed by atoms with E-state index >= 15 is 0 Å². The molecule has 0 bridgehead atoms. The summed E-state index contributed by atoms with van der Waals surface area (Å²) in [7, 11) is 1.68. The lowest BCUT2D eigenvalue weighted by molar-refractivity contribution is 0.415. The summed E-state index contributed by atoms with van der Waals surface area (Å²) in [4.78, 5) is 0. The van der Waals surface area contributed by atoms with Gasteiger partial charge in [-0.3, -0.25) is 0 Å². The molecule has 0 aliphatic rings. The van der Waals surface area contributed by atoms with Gasteiger partial charge in [-0.05, 0) is 49.2 Å². The zero-order valence-electron chi connectivity index (χ0n) is 11.2. The number of nitrogens with one attached hydrogen (secondary N) is 1. The minimum absolute atomic E-state index is 0.846. The van der Waals surface area contributed by atoms with E-state index in [0.717, 1.165) is 18.0 Å². The lowest BCUT2D eigenvalue weighted by Crippen LogP contribution is -2.01. The summed E-state index contributed by atoms with van der Waals surface area (Å²) in [5, 5.41) is 3.42. The van der Waals surface area contributed by atoms with E-state index in [0.29, 0.717) is 0 Å². The highest BCUT2D eigenvalue weighted by Gasteiger charge is 1.99. The molecule has 2 aromatic rings. The lowest BCUT2D eigenvalue weighted by atomic mass is 10.1. The molecule has 0 saturated heterocycles. The molecular formula is C16H19NO. The van der Waals surface area contributed by atoms with Crippen LogP contribution in [0.4, 0.5) is 5.69 Å². The molecule has 2 nitrogen and oxygen atoms in total. The summed E-state index contributed by atoms with van der Waals surface area (Å²) in [5.74, 6) is 0.882. The van der Waals surface area contributed by atoms with Gasteiger partial charge in [-0.25, -0.2) is 0 Å². The number of methoxy groups -OCH3 is 1. The summed E-state index contributed by atoms with van der Waals surface area (Å²) in [5.41, 5.74) is 5.07. The van der Waals surface area contributed by atoms with Crippen LogP contribution < -0.4 is 10.1 Å². The Bertz CT molecular complexity index is 517. The summed E-state index contributed by atoms with van der Waals surface area (Å²) < 4.78 is 5.14. The van der Waals surface area contributed by atoms with Crippen molar-refractivity contribution in [3.8, 4) is 5.75 Å². The quantitative estimate of drug-likeness (QED) is 0.875. The maximum Gasteiger partial charge on any atom is 0.119 e. The SMILES string of the molecule is COc1ccc(NCc2ccc(C)cc2C)cc1. The Morgan fingerprint density at radius 3 is 2.33 bits per heavy atom. The van der Waals surface area contributed by atoms with Crippen LogP contribution in [0, 0.1) is 13.8 Å². The van der Waals surface area contributed by atoms with Gasteiger partial charge in [0.05, 0.1) is 7.11 Å². The number of hydrogen-bond acceptors (Lipinski definition) is 2. The monoisotopic (exact) mass is 241 g/mol. The third-order valence-electron chi connectivity index (χ3n) is 3.07. The van der Waals surface area contributed by atoms with Crippen molar-refractivity contribution in [2.24, 2.45) is 0 Å². The van der Waals surface area contributed by atoms with Gasteiger partial charge in [0, 0.05) is 12.2 Å². The fraction of sp³-hybridized carbons (Fsp3) is 0.250. The van der Waals surface area contributed by atoms with Gasteiger partial charge in [-0.2, -0.15) is 0 Å². The van der Waals surface area contributed by atoms with Crippen LogP contribution in [0.5, 0.6) is 5.75 Å². The molecule has 18 heavy (non-hydrogen) atoms. The summed E-state index contributed by atoms with van der Waals surface area (Å²) >= 11 is 0. The van der Waals surface area contributed by atoms with Crippen molar-refractivity contribution in [3.63, 3.8) is 0 Å². The molecule has 0 fully saturated rings. The van der Waals surface area contributed by atoms with Crippen molar-refractivity contribution < 1.29 is 4.74 Å². The Morgan fingerprint density at radius 1 is 1.00 bits per heavy atom. The number of aryl methyl sites for hydroxylation is 2. The first-order valence-corrected chi connectivity index (χ1v) is 6.13. The molecule has 0 spiro atoms. The molecule has 0 amide bonds. The van der Waals surface area contributed by atoms with Crippen LogP contribution in [0.3, 0.4) is 0 Å². The van der Waals surface area contributed by atoms with Crippen molar-refractivity contribution >= 4 is 5.69 Å². The van der Waals surface area contributed by atoms with Gasteiger partial charge in [-0.1, -0.05) is 23.8 Å². The van der Waals surface area contributed by atoms with E-state index in [1.54, 1.807) is 7.11 Å². The molecule has 1 N–H and O–H groups in total. The Kier molecular flexibility index (Phi) is 3.88. The number of anilines is 1. The Labute approximate surface area is 109 Å². The van der Waals surface area contributed by atoms with Crippen molar-refractivity contribution in [2.75, 3.05) is 12.4 Å². The van der Waals surface area contributed by atoms with Gasteiger partial charge in [0.15, 0.2) is 0 Å². The molecule has 0 aliphatic heterocycles. The van der Waals surface area contributed by atoms with Gasteiger partial charge < -0.3 is 10.1 Å². The Balaban J connectivity index is 2.02. The third kappa shape index (κ3) is 3.04. The van der Waals surface area contributed by atoms with Gasteiger partial charge in [-0.15, -0.1) is 0 Å². The van der Waals surface area contributed by atoms with E-state index in [1.165, 1.54) is 16.7 Å². The maximum absolute atomic E-state index is 5.14. The average molecular weight is 241 g/mol. The van der Waals surface area contributed by atoms with E-state index in [2.05, 4.69) is 37.4 Å². The number of hydrogen-bond donors (Lipinski definition) is 1. The molecule has 0 radical (unpaired) electrons. The molecule has 0 saturated carbocycles. The Morgan fingerprint density at radius 2 is 1.72 bits per heavy atom. The van der Waals surface area contributed by atoms with Gasteiger partial charge in [0.1, 0.15) is 5.75 Å². The minimum atomic E-state index is 0.846. The van der Waals surface area contributed by atoms with Crippen LogP contribution >= 0.6 is 0 Å². The van der Waals surface area contributed by atoms with Crippen LogP contribution in [-0.4, -0.2) is 7.11 Å². The van der Waals surface area contributed by atoms with Crippen LogP contribution in [-0.2, 0) is 6.54 Å². The Hall–Kier alpha value is -1.96. The standard InChI is InChI=1S/C16H19NO/c1-12-4-5-14(13(2)10-12)11-17-15-6-8-16(18-3)9-7-15/h4-10,17H,11H2,1-3H3. The van der Waals surface area contributed by atoms with E-state index < -0.39 is 0 Å². The van der Waals surface area contributed by atoms with Gasteiger partial charge >= 0.3 is 0 Å². The molecule has 2 rings (SSSR count). The van der Waals surface area contributed by atoms with Crippen LogP contribution in [0.25, 0.3) is 0 Å². The highest BCUT2D eigenvalue weighted by molar-refractivity contribution is 5.47. The molecule has 0 heterocycles. The first kappa shape index (κ1) is 12.5. The van der Waals surface area contributed by atoms with E-state index in [1.807, 2.05) is 24.3 Å². The zero-order chi connectivity index (χ0) is 13.0. The van der Waals surface area contributed by atoms with Gasteiger partial charge in [0.2, 0.25) is 0 Å². The second kappa shape index (κ2) is 5.58. The smallest absolute Gasteiger partial charge is 0.119 e. The summed E-state index contributed by atoms with van der Waals surface area (Å²) in [6.07, 6.45) is 0. The zero-order valence-corrected chi connectivity index (χ0v) is 11.2. The molecule has 0 atom stereocenters. The number of ether oxygens (including phenoxy) is 1. The summed E-state index contributed by atoms with van der Waals surface area (Å²) in [6, 6.07) is 14.5. The predicted octanol–water partition coefficient (Wildman–Crippen LogP) is 3.92. The lowest BCUT2D eigenvalue weighted by Gasteiger charge is -2.10. The average Bonchev–Trinajstić information content (AvgIpc) is 2.38. The molecule has 0 unspecified atom stereocenters. The van der Waals surface area contributed by atoms with Crippen molar-refractivity contribution in [2.45, 2.75) is 20.4 Å². The number of rotatable bonds is 4. The molecule has 0 aromatic heterocycles. The first-order chi connectivity index (χ1) is 8.69. The van der Waals surface area contributed by atoms with E-state index in [9.17, 15) is 0 Å². The second-order valence-corrected chi connectivity index (χ2v) is 4.51. The van der Waals surface area contributed by atoms with Crippen molar-refractivity contribution in [1.82, 2.24) is 0 Å².